The van der Waals surface area contributed by atoms with Gasteiger partial charge in [0.15, 0.2) is 0 Å². The van der Waals surface area contributed by atoms with Crippen LogP contribution in [0.3, 0.4) is 0 Å². The second kappa shape index (κ2) is 6.59. The Labute approximate surface area is 127 Å². The Morgan fingerprint density at radius 1 is 1.40 bits per heavy atom. The number of likely N-dealkylation sites (N-methyl/N-ethyl adjacent to an activating group) is 1. The standard InChI is InChI=1S/C17H28N2S/c1-13(10-18-11-17-4-3-7-20-17)19(2)12-16-9-14-5-6-15(16)8-14/h3-4,7,13-16,18H,5-6,8-12H2,1-2H3. The molecule has 2 aliphatic carbocycles. The van der Waals surface area contributed by atoms with Gasteiger partial charge < -0.3 is 10.2 Å². The summed E-state index contributed by atoms with van der Waals surface area (Å²) in [5, 5.41) is 5.75. The lowest BCUT2D eigenvalue weighted by atomic mass is 9.88. The van der Waals surface area contributed by atoms with E-state index in [4.69, 9.17) is 0 Å². The molecular formula is C17H28N2S. The number of nitrogens with one attached hydrogen (secondary N) is 1. The fourth-order valence-electron chi connectivity index (χ4n) is 4.12. The van der Waals surface area contributed by atoms with Gasteiger partial charge in [0.05, 0.1) is 0 Å². The summed E-state index contributed by atoms with van der Waals surface area (Å²) < 4.78 is 0. The van der Waals surface area contributed by atoms with Gasteiger partial charge in [-0.1, -0.05) is 12.5 Å². The molecule has 3 rings (SSSR count). The number of hydrogen-bond acceptors (Lipinski definition) is 3. The minimum absolute atomic E-state index is 0.633. The van der Waals surface area contributed by atoms with Crippen LogP contribution in [0, 0.1) is 17.8 Å². The number of fused-ring (bicyclic) bond motifs is 2. The van der Waals surface area contributed by atoms with Crippen molar-refractivity contribution in [3.8, 4) is 0 Å². The summed E-state index contributed by atoms with van der Waals surface area (Å²) in [7, 11) is 2.31. The lowest BCUT2D eigenvalue weighted by Gasteiger charge is -2.31. The van der Waals surface area contributed by atoms with Crippen molar-refractivity contribution >= 4 is 11.3 Å². The molecule has 0 aromatic carbocycles. The monoisotopic (exact) mass is 292 g/mol. The summed E-state index contributed by atoms with van der Waals surface area (Å²) in [6.07, 6.45) is 6.06. The second-order valence-electron chi connectivity index (χ2n) is 6.93. The Bertz CT molecular complexity index is 403. The highest BCUT2D eigenvalue weighted by Gasteiger charge is 2.39. The van der Waals surface area contributed by atoms with Crippen molar-refractivity contribution in [2.24, 2.45) is 17.8 Å². The summed E-state index contributed by atoms with van der Waals surface area (Å²) in [6, 6.07) is 4.97. The molecular weight excluding hydrogens is 264 g/mol. The largest absolute Gasteiger partial charge is 0.310 e. The molecule has 2 saturated carbocycles. The van der Waals surface area contributed by atoms with Crippen molar-refractivity contribution in [1.29, 1.82) is 0 Å². The van der Waals surface area contributed by atoms with Gasteiger partial charge in [0.2, 0.25) is 0 Å². The van der Waals surface area contributed by atoms with Gasteiger partial charge >= 0.3 is 0 Å². The Balaban J connectivity index is 1.37. The van der Waals surface area contributed by atoms with Crippen LogP contribution in [-0.2, 0) is 6.54 Å². The summed E-state index contributed by atoms with van der Waals surface area (Å²) in [5.41, 5.74) is 0. The van der Waals surface area contributed by atoms with Crippen LogP contribution >= 0.6 is 11.3 Å². The summed E-state index contributed by atoms with van der Waals surface area (Å²) in [6.45, 7) is 5.77. The number of rotatable bonds is 7. The Morgan fingerprint density at radius 3 is 2.95 bits per heavy atom. The average Bonchev–Trinajstić information content (AvgIpc) is 3.15. The molecule has 3 heteroatoms. The quantitative estimate of drug-likeness (QED) is 0.826. The Morgan fingerprint density at radius 2 is 2.30 bits per heavy atom. The zero-order valence-corrected chi connectivity index (χ0v) is 13.7. The maximum atomic E-state index is 3.60. The molecule has 4 unspecified atom stereocenters. The summed E-state index contributed by atoms with van der Waals surface area (Å²) >= 11 is 1.84. The predicted octanol–water partition coefficient (Wildman–Crippen LogP) is 3.59. The fourth-order valence-corrected chi connectivity index (χ4v) is 4.80. The van der Waals surface area contributed by atoms with E-state index in [0.717, 1.165) is 30.8 Å². The van der Waals surface area contributed by atoms with Crippen LogP contribution in [0.15, 0.2) is 17.5 Å². The van der Waals surface area contributed by atoms with Crippen molar-refractivity contribution in [3.63, 3.8) is 0 Å². The van der Waals surface area contributed by atoms with Crippen molar-refractivity contribution < 1.29 is 0 Å². The first-order valence-electron chi connectivity index (χ1n) is 8.15. The van der Waals surface area contributed by atoms with E-state index in [1.807, 2.05) is 11.3 Å². The van der Waals surface area contributed by atoms with Gasteiger partial charge in [-0.15, -0.1) is 11.3 Å². The maximum absolute atomic E-state index is 3.60. The molecule has 1 heterocycles. The smallest absolute Gasteiger partial charge is 0.0300 e. The van der Waals surface area contributed by atoms with Crippen LogP contribution in [0.25, 0.3) is 0 Å². The topological polar surface area (TPSA) is 15.3 Å². The van der Waals surface area contributed by atoms with Crippen LogP contribution in [0.1, 0.15) is 37.5 Å². The molecule has 1 aromatic heterocycles. The SMILES string of the molecule is CC(CNCc1cccs1)N(C)CC1CC2CCC1C2. The number of thiophene rings is 1. The van der Waals surface area contributed by atoms with Crippen LogP contribution in [0.4, 0.5) is 0 Å². The van der Waals surface area contributed by atoms with E-state index in [0.29, 0.717) is 6.04 Å². The highest BCUT2D eigenvalue weighted by atomic mass is 32.1. The Hall–Kier alpha value is -0.380. The molecule has 1 N–H and O–H groups in total. The van der Waals surface area contributed by atoms with Crippen LogP contribution in [0.2, 0.25) is 0 Å². The molecule has 2 fully saturated rings. The first-order valence-corrected chi connectivity index (χ1v) is 9.03. The zero-order chi connectivity index (χ0) is 13.9. The molecule has 2 nitrogen and oxygen atoms in total. The highest BCUT2D eigenvalue weighted by Crippen LogP contribution is 2.48. The maximum Gasteiger partial charge on any atom is 0.0300 e. The molecule has 2 bridgehead atoms. The fraction of sp³-hybridized carbons (Fsp3) is 0.765. The van der Waals surface area contributed by atoms with Gasteiger partial charge in [-0.05, 0) is 62.4 Å². The lowest BCUT2D eigenvalue weighted by Crippen LogP contribution is -2.41. The summed E-state index contributed by atoms with van der Waals surface area (Å²) in [4.78, 5) is 4.01. The second-order valence-corrected chi connectivity index (χ2v) is 7.97. The number of hydrogen-bond donors (Lipinski definition) is 1. The number of nitrogens with zero attached hydrogens (tertiary/aromatic N) is 1. The first kappa shape index (κ1) is 14.6. The van der Waals surface area contributed by atoms with E-state index in [1.54, 1.807) is 0 Å². The van der Waals surface area contributed by atoms with Crippen LogP contribution < -0.4 is 5.32 Å². The van der Waals surface area contributed by atoms with Gasteiger partial charge in [-0.25, -0.2) is 0 Å². The van der Waals surface area contributed by atoms with E-state index >= 15 is 0 Å². The van der Waals surface area contributed by atoms with Gasteiger partial charge in [-0.2, -0.15) is 0 Å². The van der Waals surface area contributed by atoms with E-state index in [9.17, 15) is 0 Å². The molecule has 20 heavy (non-hydrogen) atoms. The normalized spacial score (nSPS) is 30.2. The molecule has 2 aliphatic rings. The molecule has 112 valence electrons. The minimum Gasteiger partial charge on any atom is -0.310 e. The van der Waals surface area contributed by atoms with E-state index in [1.165, 1.54) is 37.1 Å². The van der Waals surface area contributed by atoms with Gasteiger partial charge in [0.25, 0.3) is 0 Å². The van der Waals surface area contributed by atoms with Gasteiger partial charge in [-0.3, -0.25) is 0 Å². The van der Waals surface area contributed by atoms with E-state index in [-0.39, 0.29) is 0 Å². The molecule has 0 amide bonds. The van der Waals surface area contributed by atoms with Crippen molar-refractivity contribution in [3.05, 3.63) is 22.4 Å². The highest BCUT2D eigenvalue weighted by molar-refractivity contribution is 7.09. The molecule has 0 spiro atoms. The minimum atomic E-state index is 0.633. The third-order valence-electron chi connectivity index (χ3n) is 5.48. The van der Waals surface area contributed by atoms with Crippen molar-refractivity contribution in [2.75, 3.05) is 20.1 Å². The molecule has 0 aliphatic heterocycles. The first-order chi connectivity index (χ1) is 9.72. The van der Waals surface area contributed by atoms with Crippen molar-refractivity contribution in [1.82, 2.24) is 10.2 Å². The molecule has 0 radical (unpaired) electrons. The molecule has 4 atom stereocenters. The average molecular weight is 292 g/mol. The van der Waals surface area contributed by atoms with Crippen LogP contribution in [0.5, 0.6) is 0 Å². The van der Waals surface area contributed by atoms with E-state index < -0.39 is 0 Å². The zero-order valence-electron chi connectivity index (χ0n) is 12.8. The van der Waals surface area contributed by atoms with Gasteiger partial charge in [0.1, 0.15) is 0 Å². The molecule has 1 aromatic rings. The lowest BCUT2D eigenvalue weighted by molar-refractivity contribution is 0.178. The predicted molar refractivity (Wildman–Crippen MR) is 87.1 cm³/mol. The molecule has 0 saturated heterocycles. The van der Waals surface area contributed by atoms with E-state index in [2.05, 4.69) is 41.7 Å². The van der Waals surface area contributed by atoms with Crippen LogP contribution in [-0.4, -0.2) is 31.1 Å². The van der Waals surface area contributed by atoms with Crippen molar-refractivity contribution in [2.45, 2.75) is 45.2 Å². The Kier molecular flexibility index (Phi) is 4.79. The summed E-state index contributed by atoms with van der Waals surface area (Å²) in [5.74, 6) is 3.11. The third kappa shape index (κ3) is 3.44. The third-order valence-corrected chi connectivity index (χ3v) is 6.35. The van der Waals surface area contributed by atoms with Gasteiger partial charge in [0, 0.05) is 30.6 Å².